The van der Waals surface area contributed by atoms with Crippen molar-refractivity contribution in [2.75, 3.05) is 17.2 Å². The number of ether oxygens (including phenoxy) is 1. The van der Waals surface area contributed by atoms with Crippen molar-refractivity contribution in [1.82, 2.24) is 14.8 Å². The Balaban J connectivity index is 1.42. The molecular formula is C19H15Cl2N5O3. The molecule has 3 aromatic rings. The number of nitrogens with one attached hydrogen (secondary N) is 2. The first-order valence-electron chi connectivity index (χ1n) is 8.66. The fourth-order valence-electron chi connectivity index (χ4n) is 3.00. The highest BCUT2D eigenvalue weighted by Gasteiger charge is 2.27. The number of carbonyl (C=O) groups excluding carboxylic acids is 2. The number of carbonyl (C=O) groups is 2. The number of benzene rings is 2. The molecule has 0 fully saturated rings. The molecule has 1 atom stereocenters. The molecule has 0 aliphatic carbocycles. The molecule has 2 aromatic carbocycles. The van der Waals surface area contributed by atoms with Gasteiger partial charge < -0.3 is 10.1 Å². The smallest absolute Gasteiger partial charge is 0.262 e. The predicted molar refractivity (Wildman–Crippen MR) is 108 cm³/mol. The highest BCUT2D eigenvalue weighted by Crippen LogP contribution is 2.30. The van der Waals surface area contributed by atoms with E-state index in [9.17, 15) is 9.59 Å². The molecule has 2 amide bonds. The maximum absolute atomic E-state index is 12.2. The quantitative estimate of drug-likeness (QED) is 0.643. The summed E-state index contributed by atoms with van der Waals surface area (Å²) in [6, 6.07) is 11.7. The number of rotatable bonds is 5. The van der Waals surface area contributed by atoms with E-state index in [1.807, 2.05) is 6.07 Å². The van der Waals surface area contributed by atoms with Gasteiger partial charge in [0.2, 0.25) is 11.9 Å². The third kappa shape index (κ3) is 4.33. The second-order valence-corrected chi connectivity index (χ2v) is 7.15. The first kappa shape index (κ1) is 19.2. The molecule has 0 saturated carbocycles. The van der Waals surface area contributed by atoms with Crippen LogP contribution in [0.1, 0.15) is 18.0 Å². The Morgan fingerprint density at radius 2 is 2.10 bits per heavy atom. The lowest BCUT2D eigenvalue weighted by Crippen LogP contribution is -2.29. The fourth-order valence-corrected chi connectivity index (χ4v) is 3.29. The highest BCUT2D eigenvalue weighted by molar-refractivity contribution is 6.42. The average molecular weight is 432 g/mol. The van der Waals surface area contributed by atoms with Crippen LogP contribution in [-0.4, -0.2) is 33.2 Å². The molecule has 1 aliphatic rings. The summed E-state index contributed by atoms with van der Waals surface area (Å²) < 4.78 is 7.26. The number of hydrogen-bond acceptors (Lipinski definition) is 5. The zero-order chi connectivity index (χ0) is 20.4. The Labute approximate surface area is 175 Å². The van der Waals surface area contributed by atoms with Crippen molar-refractivity contribution in [3.63, 3.8) is 0 Å². The number of hydrogen-bond donors (Lipinski definition) is 2. The van der Waals surface area contributed by atoms with Gasteiger partial charge in [-0.15, -0.1) is 0 Å². The first-order chi connectivity index (χ1) is 14.0. The van der Waals surface area contributed by atoms with Gasteiger partial charge in [0.1, 0.15) is 12.1 Å². The van der Waals surface area contributed by atoms with Gasteiger partial charge >= 0.3 is 0 Å². The van der Waals surface area contributed by atoms with Gasteiger partial charge in [0.15, 0.2) is 6.61 Å². The van der Waals surface area contributed by atoms with Crippen LogP contribution in [0.2, 0.25) is 10.0 Å². The Morgan fingerprint density at radius 1 is 1.24 bits per heavy atom. The number of aromatic nitrogens is 3. The Kier molecular flexibility index (Phi) is 5.37. The Bertz CT molecular complexity index is 1090. The minimum absolute atomic E-state index is 0.136. The normalized spacial score (nSPS) is 15.4. The van der Waals surface area contributed by atoms with Crippen LogP contribution in [0.3, 0.4) is 0 Å². The summed E-state index contributed by atoms with van der Waals surface area (Å²) in [4.78, 5) is 28.1. The fraction of sp³-hybridized carbons (Fsp3) is 0.158. The monoisotopic (exact) mass is 431 g/mol. The maximum atomic E-state index is 12.2. The maximum Gasteiger partial charge on any atom is 0.262 e. The molecule has 0 radical (unpaired) electrons. The topological polar surface area (TPSA) is 98.1 Å². The molecule has 2 N–H and O–H groups in total. The van der Waals surface area contributed by atoms with Crippen molar-refractivity contribution in [2.24, 2.45) is 0 Å². The number of fused-ring (bicyclic) bond motifs is 1. The molecule has 0 spiro atoms. The van der Waals surface area contributed by atoms with E-state index in [0.717, 1.165) is 5.56 Å². The van der Waals surface area contributed by atoms with E-state index < -0.39 is 0 Å². The lowest BCUT2D eigenvalue weighted by molar-refractivity contribution is -0.118. The summed E-state index contributed by atoms with van der Waals surface area (Å²) in [5, 5.41) is 10.3. The van der Waals surface area contributed by atoms with E-state index in [0.29, 0.717) is 27.4 Å². The van der Waals surface area contributed by atoms with Crippen molar-refractivity contribution in [3.8, 4) is 5.75 Å². The number of halogens is 2. The van der Waals surface area contributed by atoms with Crippen molar-refractivity contribution in [2.45, 2.75) is 12.5 Å². The van der Waals surface area contributed by atoms with Crippen molar-refractivity contribution < 1.29 is 14.3 Å². The average Bonchev–Trinajstić information content (AvgIpc) is 3.17. The van der Waals surface area contributed by atoms with Crippen LogP contribution in [-0.2, 0) is 9.59 Å². The van der Waals surface area contributed by atoms with Crippen molar-refractivity contribution in [1.29, 1.82) is 0 Å². The summed E-state index contributed by atoms with van der Waals surface area (Å²) in [7, 11) is 0. The van der Waals surface area contributed by atoms with Gasteiger partial charge in [-0.3, -0.25) is 14.9 Å². The van der Waals surface area contributed by atoms with Crippen molar-refractivity contribution in [3.05, 3.63) is 64.4 Å². The van der Waals surface area contributed by atoms with Gasteiger partial charge in [0.25, 0.3) is 5.91 Å². The summed E-state index contributed by atoms with van der Waals surface area (Å²) in [6.07, 6.45) is 1.62. The van der Waals surface area contributed by atoms with Crippen LogP contribution in [0.25, 0.3) is 0 Å². The molecular weight excluding hydrogens is 417 g/mol. The van der Waals surface area contributed by atoms with E-state index in [-0.39, 0.29) is 30.9 Å². The predicted octanol–water partition coefficient (Wildman–Crippen LogP) is 3.53. The van der Waals surface area contributed by atoms with Crippen LogP contribution in [0.5, 0.6) is 5.75 Å². The van der Waals surface area contributed by atoms with Crippen molar-refractivity contribution >= 4 is 46.7 Å². The lowest BCUT2D eigenvalue weighted by Gasteiger charge is -2.24. The van der Waals surface area contributed by atoms with E-state index in [4.69, 9.17) is 27.9 Å². The van der Waals surface area contributed by atoms with Crippen LogP contribution < -0.4 is 15.4 Å². The van der Waals surface area contributed by atoms with Crippen LogP contribution in [0, 0.1) is 0 Å². The molecule has 0 bridgehead atoms. The second-order valence-electron chi connectivity index (χ2n) is 6.33. The van der Waals surface area contributed by atoms with Crippen LogP contribution in [0.4, 0.5) is 11.6 Å². The van der Waals surface area contributed by atoms with E-state index >= 15 is 0 Å². The zero-order valence-corrected chi connectivity index (χ0v) is 16.4. The van der Waals surface area contributed by atoms with Crippen LogP contribution >= 0.6 is 23.2 Å². The summed E-state index contributed by atoms with van der Waals surface area (Å²) in [5.74, 6) is 0.422. The van der Waals surface area contributed by atoms with Gasteiger partial charge in [-0.25, -0.2) is 4.68 Å². The Hall–Kier alpha value is -3.10. The van der Waals surface area contributed by atoms with Gasteiger partial charge in [-0.1, -0.05) is 35.3 Å². The largest absolute Gasteiger partial charge is 0.484 e. The zero-order valence-electron chi connectivity index (χ0n) is 14.9. The number of anilines is 2. The molecule has 8 nitrogen and oxygen atoms in total. The minimum Gasteiger partial charge on any atom is -0.484 e. The molecule has 148 valence electrons. The van der Waals surface area contributed by atoms with Gasteiger partial charge in [-0.2, -0.15) is 10.1 Å². The van der Waals surface area contributed by atoms with Crippen LogP contribution in [0.15, 0.2) is 48.8 Å². The molecule has 4 rings (SSSR count). The van der Waals surface area contributed by atoms with E-state index in [1.54, 1.807) is 41.1 Å². The molecule has 0 saturated heterocycles. The van der Waals surface area contributed by atoms with Gasteiger partial charge in [0.05, 0.1) is 22.5 Å². The first-order valence-corrected chi connectivity index (χ1v) is 9.42. The molecule has 2 heterocycles. The van der Waals surface area contributed by atoms with Gasteiger partial charge in [0, 0.05) is 5.69 Å². The summed E-state index contributed by atoms with van der Waals surface area (Å²) >= 11 is 11.8. The van der Waals surface area contributed by atoms with E-state index in [2.05, 4.69) is 20.7 Å². The third-order valence-electron chi connectivity index (χ3n) is 4.31. The number of amides is 2. The lowest BCUT2D eigenvalue weighted by atomic mass is 10.0. The highest BCUT2D eigenvalue weighted by atomic mass is 35.5. The molecule has 10 heteroatoms. The standard InChI is InChI=1S/C19H15Cl2N5O3/c20-14-5-4-12(7-15(14)21)24-18(28)9-29-13-3-1-2-11(6-13)16-8-17(27)25-19-22-10-23-26(16)19/h1-7,10,16H,8-9H2,(H,24,28)(H,22,23,25,27)/t16-/m1/s1. The molecule has 0 unspecified atom stereocenters. The summed E-state index contributed by atoms with van der Waals surface area (Å²) in [6.45, 7) is -0.191. The molecule has 1 aromatic heterocycles. The molecule has 29 heavy (non-hydrogen) atoms. The number of nitrogens with zero attached hydrogens (tertiary/aromatic N) is 3. The molecule has 1 aliphatic heterocycles. The summed E-state index contributed by atoms with van der Waals surface area (Å²) in [5.41, 5.74) is 1.35. The Morgan fingerprint density at radius 3 is 2.93 bits per heavy atom. The third-order valence-corrected chi connectivity index (χ3v) is 5.05. The minimum atomic E-state index is -0.343. The van der Waals surface area contributed by atoms with Gasteiger partial charge in [-0.05, 0) is 35.9 Å². The van der Waals surface area contributed by atoms with E-state index in [1.165, 1.54) is 6.33 Å². The second kappa shape index (κ2) is 8.10. The SMILES string of the molecule is O=C(COc1cccc([C@H]2CC(=O)Nc3ncnn32)c1)Nc1ccc(Cl)c(Cl)c1.